The number of nitrogens with one attached hydrogen (secondary N) is 1. The van der Waals surface area contributed by atoms with Gasteiger partial charge in [-0.3, -0.25) is 9.36 Å². The molecular weight excluding hydrogens is 257 g/mol. The van der Waals surface area contributed by atoms with Crippen molar-refractivity contribution in [3.05, 3.63) is 35.4 Å². The smallest absolute Gasteiger partial charge is 0.329 e. The highest BCUT2D eigenvalue weighted by Crippen LogP contribution is 2.38. The van der Waals surface area contributed by atoms with E-state index < -0.39 is 19.6 Å². The third-order valence-electron chi connectivity index (χ3n) is 2.36. The van der Waals surface area contributed by atoms with Crippen molar-refractivity contribution in [2.24, 2.45) is 0 Å². The minimum Gasteiger partial charge on any atom is -0.480 e. The molecule has 0 radical (unpaired) electrons. The summed E-state index contributed by atoms with van der Waals surface area (Å²) in [4.78, 5) is 28.4. The molecule has 1 aromatic carbocycles. The van der Waals surface area contributed by atoms with E-state index in [1.807, 2.05) is 0 Å². The van der Waals surface area contributed by atoms with Gasteiger partial charge in [0, 0.05) is 6.54 Å². The van der Waals surface area contributed by atoms with E-state index in [4.69, 9.17) is 14.9 Å². The molecule has 0 saturated carbocycles. The lowest BCUT2D eigenvalue weighted by atomic mass is 10.1. The summed E-state index contributed by atoms with van der Waals surface area (Å²) >= 11 is 0. The fraction of sp³-hybridized carbons (Fsp3) is 0.364. The van der Waals surface area contributed by atoms with Crippen LogP contribution in [0.3, 0.4) is 0 Å². The molecule has 0 spiro atoms. The second-order valence-corrected chi connectivity index (χ2v) is 5.73. The molecule has 0 aliphatic heterocycles. The van der Waals surface area contributed by atoms with E-state index in [9.17, 15) is 9.36 Å². The van der Waals surface area contributed by atoms with E-state index >= 15 is 0 Å². The van der Waals surface area contributed by atoms with Crippen molar-refractivity contribution in [3.63, 3.8) is 0 Å². The number of hydrogen-bond acceptors (Lipinski definition) is 3. The average molecular weight is 273 g/mol. The maximum atomic E-state index is 10.9. The molecule has 1 unspecified atom stereocenters. The van der Waals surface area contributed by atoms with Crippen LogP contribution in [0.4, 0.5) is 0 Å². The van der Waals surface area contributed by atoms with Crippen LogP contribution in [0.15, 0.2) is 24.3 Å². The van der Waals surface area contributed by atoms with Crippen molar-refractivity contribution >= 4 is 13.6 Å². The number of aliphatic carboxylic acids is 1. The Balaban J connectivity index is 2.65. The van der Waals surface area contributed by atoms with Crippen molar-refractivity contribution in [1.29, 1.82) is 0 Å². The zero-order valence-corrected chi connectivity index (χ0v) is 10.8. The fourth-order valence-electron chi connectivity index (χ4n) is 1.43. The van der Waals surface area contributed by atoms with Crippen LogP contribution in [0.25, 0.3) is 0 Å². The first kappa shape index (κ1) is 14.9. The molecule has 0 saturated heterocycles. The summed E-state index contributed by atoms with van der Waals surface area (Å²) in [5, 5.41) is 11.5. The number of rotatable bonds is 6. The first-order valence-corrected chi connectivity index (χ1v) is 7.16. The van der Waals surface area contributed by atoms with Gasteiger partial charge in [-0.05, 0) is 18.1 Å². The molecule has 0 aliphatic rings. The molecule has 0 aromatic heterocycles. The van der Waals surface area contributed by atoms with E-state index in [-0.39, 0.29) is 6.16 Å². The lowest BCUT2D eigenvalue weighted by Gasteiger charge is -2.10. The highest BCUT2D eigenvalue weighted by Gasteiger charge is 2.14. The molecule has 4 N–H and O–H groups in total. The Morgan fingerprint density at radius 3 is 2.56 bits per heavy atom. The molecule has 0 amide bonds. The molecular formula is C11H16NO5P. The van der Waals surface area contributed by atoms with Crippen LogP contribution in [0, 0.1) is 0 Å². The lowest BCUT2D eigenvalue weighted by molar-refractivity contribution is -0.139. The molecule has 1 aromatic rings. The molecule has 0 bridgehead atoms. The van der Waals surface area contributed by atoms with E-state index in [1.54, 1.807) is 24.3 Å². The van der Waals surface area contributed by atoms with Crippen LogP contribution < -0.4 is 5.32 Å². The first-order valence-electron chi connectivity index (χ1n) is 5.36. The van der Waals surface area contributed by atoms with Crippen molar-refractivity contribution < 1.29 is 24.3 Å². The van der Waals surface area contributed by atoms with Crippen LogP contribution >= 0.6 is 7.60 Å². The van der Waals surface area contributed by atoms with Gasteiger partial charge in [0.1, 0.15) is 6.04 Å². The Hall–Kier alpha value is -1.20. The molecule has 100 valence electrons. The molecule has 0 heterocycles. The minimum atomic E-state index is -4.08. The van der Waals surface area contributed by atoms with Crippen molar-refractivity contribution in [2.75, 3.05) is 0 Å². The molecule has 1 rings (SSSR count). The molecule has 18 heavy (non-hydrogen) atoms. The second-order valence-electron chi connectivity index (χ2n) is 4.08. The molecule has 0 aliphatic carbocycles. The topological polar surface area (TPSA) is 107 Å². The van der Waals surface area contributed by atoms with Gasteiger partial charge in [0.25, 0.3) is 0 Å². The summed E-state index contributed by atoms with van der Waals surface area (Å²) in [7, 11) is -4.08. The maximum Gasteiger partial charge on any atom is 0.329 e. The Morgan fingerprint density at radius 2 is 2.00 bits per heavy atom. The van der Waals surface area contributed by atoms with Crippen molar-refractivity contribution in [1.82, 2.24) is 5.32 Å². The van der Waals surface area contributed by atoms with E-state index in [1.165, 1.54) is 6.92 Å². The van der Waals surface area contributed by atoms with Crippen LogP contribution in [-0.2, 0) is 22.1 Å². The summed E-state index contributed by atoms with van der Waals surface area (Å²) < 4.78 is 10.9. The number of hydrogen-bond donors (Lipinski definition) is 4. The summed E-state index contributed by atoms with van der Waals surface area (Å²) in [6.07, 6.45) is -0.310. The quantitative estimate of drug-likeness (QED) is 0.574. The minimum absolute atomic E-state index is 0.310. The Morgan fingerprint density at radius 1 is 1.39 bits per heavy atom. The van der Waals surface area contributed by atoms with Gasteiger partial charge in [-0.25, -0.2) is 0 Å². The van der Waals surface area contributed by atoms with E-state index in [0.29, 0.717) is 12.1 Å². The first-order chi connectivity index (χ1) is 8.28. The van der Waals surface area contributed by atoms with Crippen LogP contribution in [0.2, 0.25) is 0 Å². The molecule has 0 fully saturated rings. The van der Waals surface area contributed by atoms with Crippen LogP contribution in [0.5, 0.6) is 0 Å². The number of carbonyl (C=O) groups is 1. The molecule has 1 atom stereocenters. The van der Waals surface area contributed by atoms with Crippen molar-refractivity contribution in [2.45, 2.75) is 25.7 Å². The SMILES string of the molecule is CC(NCc1cccc(CP(=O)(O)O)c1)C(=O)O. The van der Waals surface area contributed by atoms with Crippen LogP contribution in [0.1, 0.15) is 18.1 Å². The normalized spacial score (nSPS) is 13.3. The monoisotopic (exact) mass is 273 g/mol. The highest BCUT2D eigenvalue weighted by molar-refractivity contribution is 7.50. The van der Waals surface area contributed by atoms with Gasteiger partial charge in [-0.2, -0.15) is 0 Å². The third-order valence-corrected chi connectivity index (χ3v) is 3.14. The Labute approximate surface area is 105 Å². The van der Waals surface area contributed by atoms with E-state index in [2.05, 4.69) is 5.32 Å². The van der Waals surface area contributed by atoms with Gasteiger partial charge < -0.3 is 20.2 Å². The van der Waals surface area contributed by atoms with E-state index in [0.717, 1.165) is 5.56 Å². The average Bonchev–Trinajstić information content (AvgIpc) is 2.23. The maximum absolute atomic E-state index is 10.9. The zero-order chi connectivity index (χ0) is 13.8. The summed E-state index contributed by atoms with van der Waals surface area (Å²) in [6.45, 7) is 1.87. The number of carboxylic acids is 1. The summed E-state index contributed by atoms with van der Waals surface area (Å²) in [5.41, 5.74) is 1.32. The van der Waals surface area contributed by atoms with Gasteiger partial charge in [0.05, 0.1) is 6.16 Å². The number of carboxylic acid groups (broad SMARTS) is 1. The lowest BCUT2D eigenvalue weighted by Crippen LogP contribution is -2.33. The fourth-order valence-corrected chi connectivity index (χ4v) is 2.11. The molecule has 7 heteroatoms. The van der Waals surface area contributed by atoms with Gasteiger partial charge in [0.15, 0.2) is 0 Å². The highest BCUT2D eigenvalue weighted by atomic mass is 31.2. The Kier molecular flexibility index (Phi) is 5.04. The zero-order valence-electron chi connectivity index (χ0n) is 9.91. The Bertz CT molecular complexity index is 470. The predicted molar refractivity (Wildman–Crippen MR) is 66.1 cm³/mol. The van der Waals surface area contributed by atoms with Crippen LogP contribution in [-0.4, -0.2) is 26.9 Å². The summed E-state index contributed by atoms with van der Waals surface area (Å²) in [5.74, 6) is -0.943. The second kappa shape index (κ2) is 6.11. The van der Waals surface area contributed by atoms with Gasteiger partial charge in [-0.15, -0.1) is 0 Å². The number of benzene rings is 1. The largest absolute Gasteiger partial charge is 0.480 e. The molecule has 6 nitrogen and oxygen atoms in total. The van der Waals surface area contributed by atoms with Gasteiger partial charge in [-0.1, -0.05) is 24.3 Å². The van der Waals surface area contributed by atoms with Gasteiger partial charge in [0.2, 0.25) is 0 Å². The predicted octanol–water partition coefficient (Wildman–Crippen LogP) is 0.927. The third kappa shape index (κ3) is 5.42. The standard InChI is InChI=1S/C11H16NO5P/c1-8(11(13)14)12-6-9-3-2-4-10(5-9)7-18(15,16)17/h2-5,8,12H,6-7H2,1H3,(H,13,14)(H2,15,16,17). The summed E-state index contributed by atoms with van der Waals surface area (Å²) in [6, 6.07) is 6.07. The van der Waals surface area contributed by atoms with Crippen molar-refractivity contribution in [3.8, 4) is 0 Å². The van der Waals surface area contributed by atoms with Gasteiger partial charge >= 0.3 is 13.6 Å².